The number of hydrogen-bond donors (Lipinski definition) is 1. The SMILES string of the molecule is N#C/C=N/NC(=S)N1CCOCC1. The van der Waals surface area contributed by atoms with Crippen LogP contribution >= 0.6 is 12.2 Å². The van der Waals surface area contributed by atoms with Crippen molar-refractivity contribution in [1.29, 1.82) is 5.26 Å². The van der Waals surface area contributed by atoms with Gasteiger partial charge in [0.2, 0.25) is 0 Å². The van der Waals surface area contributed by atoms with Crippen molar-refractivity contribution in [3.05, 3.63) is 0 Å². The van der Waals surface area contributed by atoms with Crippen LogP contribution in [0.3, 0.4) is 0 Å². The molecule has 6 heteroatoms. The minimum absolute atomic E-state index is 0.537. The summed E-state index contributed by atoms with van der Waals surface area (Å²) in [5.41, 5.74) is 2.60. The van der Waals surface area contributed by atoms with Gasteiger partial charge in [-0.05, 0) is 12.2 Å². The zero-order valence-corrected chi connectivity index (χ0v) is 7.88. The van der Waals surface area contributed by atoms with Crippen molar-refractivity contribution in [2.45, 2.75) is 0 Å². The van der Waals surface area contributed by atoms with Gasteiger partial charge in [-0.2, -0.15) is 10.4 Å². The number of thiocarbonyl (C=S) groups is 1. The number of morpholine rings is 1. The zero-order valence-electron chi connectivity index (χ0n) is 7.06. The van der Waals surface area contributed by atoms with Crippen LogP contribution in [0.5, 0.6) is 0 Å². The molecular formula is C7H10N4OS. The summed E-state index contributed by atoms with van der Waals surface area (Å²) in [6.07, 6.45) is 1.10. The van der Waals surface area contributed by atoms with E-state index in [0.29, 0.717) is 18.3 Å². The lowest BCUT2D eigenvalue weighted by Crippen LogP contribution is -2.44. The highest BCUT2D eigenvalue weighted by atomic mass is 32.1. The lowest BCUT2D eigenvalue weighted by atomic mass is 10.5. The van der Waals surface area contributed by atoms with Gasteiger partial charge in [0.25, 0.3) is 0 Å². The van der Waals surface area contributed by atoms with Crippen molar-refractivity contribution in [3.63, 3.8) is 0 Å². The van der Waals surface area contributed by atoms with E-state index in [2.05, 4.69) is 10.5 Å². The molecule has 5 nitrogen and oxygen atoms in total. The molecule has 1 rings (SSSR count). The van der Waals surface area contributed by atoms with Gasteiger partial charge >= 0.3 is 0 Å². The Balaban J connectivity index is 2.30. The van der Waals surface area contributed by atoms with E-state index < -0.39 is 0 Å². The van der Waals surface area contributed by atoms with Crippen LogP contribution in [0.4, 0.5) is 0 Å². The van der Waals surface area contributed by atoms with Crippen LogP contribution in [0.1, 0.15) is 0 Å². The fourth-order valence-corrected chi connectivity index (χ4v) is 1.19. The molecule has 0 aromatic heterocycles. The maximum atomic E-state index is 8.17. The molecule has 0 aliphatic carbocycles. The van der Waals surface area contributed by atoms with Crippen molar-refractivity contribution >= 4 is 23.5 Å². The molecule has 0 aromatic rings. The summed E-state index contributed by atoms with van der Waals surface area (Å²) in [4.78, 5) is 1.95. The molecule has 1 saturated heterocycles. The van der Waals surface area contributed by atoms with Gasteiger partial charge in [-0.25, -0.2) is 0 Å². The zero-order chi connectivity index (χ0) is 9.52. The molecule has 70 valence electrons. The van der Waals surface area contributed by atoms with Gasteiger partial charge in [0.15, 0.2) is 5.11 Å². The van der Waals surface area contributed by atoms with Crippen LogP contribution in [0, 0.1) is 11.3 Å². The van der Waals surface area contributed by atoms with Crippen LogP contribution in [-0.2, 0) is 4.74 Å². The fraction of sp³-hybridized carbons (Fsp3) is 0.571. The van der Waals surface area contributed by atoms with Crippen molar-refractivity contribution in [3.8, 4) is 6.07 Å². The third-order valence-corrected chi connectivity index (χ3v) is 1.93. The molecule has 0 spiro atoms. The molecule has 1 aliphatic heterocycles. The van der Waals surface area contributed by atoms with Crippen molar-refractivity contribution < 1.29 is 4.74 Å². The first-order chi connectivity index (χ1) is 6.34. The Morgan fingerprint density at radius 1 is 1.62 bits per heavy atom. The third kappa shape index (κ3) is 3.36. The largest absolute Gasteiger partial charge is 0.378 e. The highest BCUT2D eigenvalue weighted by Gasteiger charge is 2.12. The van der Waals surface area contributed by atoms with Gasteiger partial charge in [0.05, 0.1) is 13.2 Å². The number of nitrogens with zero attached hydrogens (tertiary/aromatic N) is 3. The summed E-state index contributed by atoms with van der Waals surface area (Å²) in [5, 5.41) is 12.3. The molecule has 0 aromatic carbocycles. The van der Waals surface area contributed by atoms with Crippen molar-refractivity contribution in [1.82, 2.24) is 10.3 Å². The summed E-state index contributed by atoms with van der Waals surface area (Å²) in [7, 11) is 0. The van der Waals surface area contributed by atoms with E-state index in [-0.39, 0.29) is 0 Å². The van der Waals surface area contributed by atoms with E-state index in [4.69, 9.17) is 22.2 Å². The molecule has 0 radical (unpaired) electrons. The Kier molecular flexibility index (Phi) is 4.15. The number of nitrogens with one attached hydrogen (secondary N) is 1. The molecular weight excluding hydrogens is 188 g/mol. The molecule has 0 unspecified atom stereocenters. The summed E-state index contributed by atoms with van der Waals surface area (Å²) in [5.74, 6) is 0. The maximum Gasteiger partial charge on any atom is 0.189 e. The second-order valence-corrected chi connectivity index (χ2v) is 2.79. The Morgan fingerprint density at radius 3 is 2.92 bits per heavy atom. The Morgan fingerprint density at radius 2 is 2.31 bits per heavy atom. The molecule has 1 N–H and O–H groups in total. The van der Waals surface area contributed by atoms with Crippen LogP contribution in [0.25, 0.3) is 0 Å². The summed E-state index contributed by atoms with van der Waals surface area (Å²) >= 11 is 5.02. The minimum Gasteiger partial charge on any atom is -0.378 e. The fourth-order valence-electron chi connectivity index (χ4n) is 0.954. The Bertz CT molecular complexity index is 241. The first-order valence-electron chi connectivity index (χ1n) is 3.88. The molecule has 0 amide bonds. The number of hydrazone groups is 1. The van der Waals surface area contributed by atoms with Gasteiger partial charge in [0.1, 0.15) is 12.3 Å². The van der Waals surface area contributed by atoms with E-state index in [1.807, 2.05) is 4.90 Å². The average molecular weight is 198 g/mol. The average Bonchev–Trinajstić information content (AvgIpc) is 2.19. The molecule has 0 atom stereocenters. The van der Waals surface area contributed by atoms with Crippen molar-refractivity contribution in [2.75, 3.05) is 26.3 Å². The second kappa shape index (κ2) is 5.45. The topological polar surface area (TPSA) is 60.7 Å². The summed E-state index contributed by atoms with van der Waals surface area (Å²) in [6, 6.07) is 1.77. The third-order valence-electron chi connectivity index (χ3n) is 1.58. The van der Waals surface area contributed by atoms with Crippen LogP contribution in [-0.4, -0.2) is 42.5 Å². The highest BCUT2D eigenvalue weighted by molar-refractivity contribution is 7.80. The normalized spacial score (nSPS) is 17.0. The lowest BCUT2D eigenvalue weighted by Gasteiger charge is -2.28. The van der Waals surface area contributed by atoms with Gasteiger partial charge in [-0.3, -0.25) is 5.43 Å². The van der Waals surface area contributed by atoms with E-state index in [1.165, 1.54) is 0 Å². The maximum absolute atomic E-state index is 8.17. The minimum atomic E-state index is 0.537. The van der Waals surface area contributed by atoms with E-state index in [1.54, 1.807) is 6.07 Å². The lowest BCUT2D eigenvalue weighted by molar-refractivity contribution is 0.0677. The van der Waals surface area contributed by atoms with Gasteiger partial charge < -0.3 is 9.64 Å². The smallest absolute Gasteiger partial charge is 0.189 e. The Labute approximate surface area is 82.0 Å². The number of ether oxygens (including phenoxy) is 1. The number of rotatable bonds is 1. The predicted octanol–water partition coefficient (Wildman–Crippen LogP) is -0.298. The summed E-state index contributed by atoms with van der Waals surface area (Å²) < 4.78 is 5.16. The molecule has 1 aliphatic rings. The molecule has 1 heterocycles. The molecule has 0 saturated carbocycles. The van der Waals surface area contributed by atoms with Crippen LogP contribution < -0.4 is 5.43 Å². The van der Waals surface area contributed by atoms with Crippen molar-refractivity contribution in [2.24, 2.45) is 5.10 Å². The van der Waals surface area contributed by atoms with E-state index >= 15 is 0 Å². The van der Waals surface area contributed by atoms with Crippen LogP contribution in [0.2, 0.25) is 0 Å². The first kappa shape index (κ1) is 9.89. The first-order valence-corrected chi connectivity index (χ1v) is 4.29. The highest BCUT2D eigenvalue weighted by Crippen LogP contribution is 1.96. The van der Waals surface area contributed by atoms with Gasteiger partial charge in [0, 0.05) is 13.1 Å². The number of hydrogen-bond acceptors (Lipinski definition) is 4. The number of nitriles is 1. The van der Waals surface area contributed by atoms with E-state index in [9.17, 15) is 0 Å². The molecule has 0 bridgehead atoms. The quantitative estimate of drug-likeness (QED) is 0.356. The molecule has 1 fully saturated rings. The standard InChI is InChI=1S/C7H10N4OS/c8-1-2-9-10-7(13)11-3-5-12-6-4-11/h2H,3-6H2,(H,10,13)/b9-2+. The predicted molar refractivity (Wildman–Crippen MR) is 52.2 cm³/mol. The van der Waals surface area contributed by atoms with Gasteiger partial charge in [-0.15, -0.1) is 0 Å². The monoisotopic (exact) mass is 198 g/mol. The second-order valence-electron chi connectivity index (χ2n) is 2.40. The molecule has 13 heavy (non-hydrogen) atoms. The van der Waals surface area contributed by atoms with Gasteiger partial charge in [-0.1, -0.05) is 0 Å². The van der Waals surface area contributed by atoms with Crippen LogP contribution in [0.15, 0.2) is 5.10 Å². The summed E-state index contributed by atoms with van der Waals surface area (Å²) in [6.45, 7) is 2.91. The Hall–Kier alpha value is -1.19. The van der Waals surface area contributed by atoms with E-state index in [0.717, 1.165) is 19.3 Å².